The van der Waals surface area contributed by atoms with Gasteiger partial charge in [0.15, 0.2) is 0 Å². The van der Waals surface area contributed by atoms with Crippen LogP contribution in [0.15, 0.2) is 29.3 Å². The van der Waals surface area contributed by atoms with E-state index in [1.165, 1.54) is 0 Å². The van der Waals surface area contributed by atoms with Crippen LogP contribution in [0.4, 0.5) is 5.69 Å². The molecule has 0 N–H and O–H groups in total. The Morgan fingerprint density at radius 2 is 2.27 bits per heavy atom. The summed E-state index contributed by atoms with van der Waals surface area (Å²) in [6, 6.07) is 7.66. The molecule has 1 aromatic rings. The number of rotatable bonds is 2. The van der Waals surface area contributed by atoms with Crippen LogP contribution in [0.25, 0.3) is 0 Å². The first-order chi connectivity index (χ1) is 10.6. The van der Waals surface area contributed by atoms with E-state index in [0.29, 0.717) is 12.1 Å². The van der Waals surface area contributed by atoms with Crippen molar-refractivity contribution in [2.75, 3.05) is 18.1 Å². The summed E-state index contributed by atoms with van der Waals surface area (Å²) in [5, 5.41) is 9.39. The lowest BCUT2D eigenvalue weighted by Gasteiger charge is -2.20. The van der Waals surface area contributed by atoms with Crippen LogP contribution in [0.3, 0.4) is 0 Å². The topological polar surface area (TPSA) is 70.4 Å². The molecule has 2 heterocycles. The first kappa shape index (κ1) is 14.3. The van der Waals surface area contributed by atoms with Crippen molar-refractivity contribution < 1.29 is 14.3 Å². The predicted molar refractivity (Wildman–Crippen MR) is 80.2 cm³/mol. The fourth-order valence-corrected chi connectivity index (χ4v) is 3.27. The standard InChI is InChI=1S/C17H16N2O3/c1-3-22-17(21)14-10(2)13(9-18)16(20)19-8-7-11-5-4-6-12(14)15(11)19/h4-6,14H,3,7-8H2,1-2H3. The van der Waals surface area contributed by atoms with E-state index >= 15 is 0 Å². The molecule has 0 bridgehead atoms. The first-order valence-electron chi connectivity index (χ1n) is 7.31. The van der Waals surface area contributed by atoms with Gasteiger partial charge in [0.25, 0.3) is 5.91 Å². The zero-order valence-corrected chi connectivity index (χ0v) is 12.5. The van der Waals surface area contributed by atoms with Crippen LogP contribution in [0, 0.1) is 11.3 Å². The van der Waals surface area contributed by atoms with Crippen LogP contribution < -0.4 is 4.90 Å². The number of hydrogen-bond donors (Lipinski definition) is 0. The maximum absolute atomic E-state index is 12.6. The van der Waals surface area contributed by atoms with Crippen LogP contribution in [0.1, 0.15) is 30.9 Å². The van der Waals surface area contributed by atoms with Crippen molar-refractivity contribution in [3.05, 3.63) is 40.5 Å². The van der Waals surface area contributed by atoms with Crippen molar-refractivity contribution in [3.63, 3.8) is 0 Å². The van der Waals surface area contributed by atoms with Crippen LogP contribution in [-0.2, 0) is 20.7 Å². The molecule has 0 radical (unpaired) electrons. The molecular formula is C17H16N2O3. The number of para-hydroxylation sites is 1. The lowest BCUT2D eigenvalue weighted by Crippen LogP contribution is -2.29. The average Bonchev–Trinajstić information content (AvgIpc) is 2.89. The van der Waals surface area contributed by atoms with Crippen molar-refractivity contribution in [2.45, 2.75) is 26.2 Å². The highest BCUT2D eigenvalue weighted by Gasteiger charge is 2.40. The van der Waals surface area contributed by atoms with E-state index in [-0.39, 0.29) is 18.1 Å². The summed E-state index contributed by atoms with van der Waals surface area (Å²) in [6.07, 6.45) is 0.738. The second-order valence-corrected chi connectivity index (χ2v) is 5.42. The number of anilines is 1. The second kappa shape index (κ2) is 5.30. The SMILES string of the molecule is CCOC(=O)C1C(C)=C(C#N)C(=O)N2CCc3cccc1c32. The summed E-state index contributed by atoms with van der Waals surface area (Å²) in [4.78, 5) is 26.7. The second-order valence-electron chi connectivity index (χ2n) is 5.42. The molecule has 112 valence electrons. The third-order valence-electron chi connectivity index (χ3n) is 4.26. The van der Waals surface area contributed by atoms with Gasteiger partial charge in [0.2, 0.25) is 0 Å². The highest BCUT2D eigenvalue weighted by atomic mass is 16.5. The van der Waals surface area contributed by atoms with Crippen LogP contribution in [-0.4, -0.2) is 25.0 Å². The number of ether oxygens (including phenoxy) is 1. The number of nitriles is 1. The zero-order chi connectivity index (χ0) is 15.9. The predicted octanol–water partition coefficient (Wildman–Crippen LogP) is 2.08. The Kier molecular flexibility index (Phi) is 3.45. The molecular weight excluding hydrogens is 280 g/mol. The van der Waals surface area contributed by atoms with Gasteiger partial charge in [-0.25, -0.2) is 0 Å². The molecule has 0 saturated heterocycles. The Balaban J connectivity index is 2.27. The monoisotopic (exact) mass is 296 g/mol. The molecule has 5 nitrogen and oxygen atoms in total. The van der Waals surface area contributed by atoms with E-state index in [4.69, 9.17) is 4.74 Å². The minimum Gasteiger partial charge on any atom is -0.465 e. The van der Waals surface area contributed by atoms with Crippen LogP contribution in [0.5, 0.6) is 0 Å². The number of esters is 1. The normalized spacial score (nSPS) is 19.6. The van der Waals surface area contributed by atoms with Crippen molar-refractivity contribution in [1.29, 1.82) is 5.26 Å². The first-order valence-corrected chi connectivity index (χ1v) is 7.31. The molecule has 0 spiro atoms. The van der Waals surface area contributed by atoms with Crippen molar-refractivity contribution in [3.8, 4) is 6.07 Å². The minimum atomic E-state index is -0.698. The van der Waals surface area contributed by atoms with E-state index in [1.807, 2.05) is 24.3 Å². The highest BCUT2D eigenvalue weighted by Crippen LogP contribution is 2.43. The highest BCUT2D eigenvalue weighted by molar-refractivity contribution is 6.12. The van der Waals surface area contributed by atoms with Gasteiger partial charge in [0.05, 0.1) is 12.3 Å². The Morgan fingerprint density at radius 1 is 1.50 bits per heavy atom. The molecule has 1 atom stereocenters. The van der Waals surface area contributed by atoms with E-state index in [1.54, 1.807) is 18.7 Å². The quantitative estimate of drug-likeness (QED) is 0.783. The zero-order valence-electron chi connectivity index (χ0n) is 12.5. The molecule has 2 aliphatic rings. The molecule has 0 aromatic heterocycles. The fourth-order valence-electron chi connectivity index (χ4n) is 3.27. The summed E-state index contributed by atoms with van der Waals surface area (Å²) in [5.41, 5.74) is 3.07. The molecule has 0 saturated carbocycles. The molecule has 1 amide bonds. The Morgan fingerprint density at radius 3 is 2.95 bits per heavy atom. The number of carbonyl (C=O) groups is 2. The van der Waals surface area contributed by atoms with Gasteiger partial charge < -0.3 is 9.64 Å². The molecule has 1 aromatic carbocycles. The third kappa shape index (κ3) is 1.92. The maximum atomic E-state index is 12.6. The van der Waals surface area contributed by atoms with Crippen molar-refractivity contribution >= 4 is 17.6 Å². The smallest absolute Gasteiger partial charge is 0.317 e. The largest absolute Gasteiger partial charge is 0.465 e. The Hall–Kier alpha value is -2.61. The number of hydrogen-bond acceptors (Lipinski definition) is 4. The molecule has 1 unspecified atom stereocenters. The van der Waals surface area contributed by atoms with E-state index < -0.39 is 11.9 Å². The van der Waals surface area contributed by atoms with Crippen LogP contribution >= 0.6 is 0 Å². The van der Waals surface area contributed by atoms with Gasteiger partial charge in [-0.1, -0.05) is 18.2 Å². The molecule has 2 aliphatic heterocycles. The van der Waals surface area contributed by atoms with Gasteiger partial charge in [-0.05, 0) is 37.0 Å². The number of carbonyl (C=O) groups excluding carboxylic acids is 2. The number of nitrogens with zero attached hydrogens (tertiary/aromatic N) is 2. The molecule has 0 fully saturated rings. The molecule has 0 aliphatic carbocycles. The maximum Gasteiger partial charge on any atom is 0.317 e. The van der Waals surface area contributed by atoms with Gasteiger partial charge >= 0.3 is 5.97 Å². The summed E-state index contributed by atoms with van der Waals surface area (Å²) >= 11 is 0. The Labute approximate surface area is 128 Å². The van der Waals surface area contributed by atoms with E-state index in [9.17, 15) is 14.9 Å². The lowest BCUT2D eigenvalue weighted by molar-refractivity contribution is -0.143. The number of amides is 1. The molecule has 22 heavy (non-hydrogen) atoms. The van der Waals surface area contributed by atoms with Gasteiger partial charge in [-0.3, -0.25) is 9.59 Å². The third-order valence-corrected chi connectivity index (χ3v) is 4.26. The summed E-state index contributed by atoms with van der Waals surface area (Å²) in [5.74, 6) is -1.43. The molecule has 3 rings (SSSR count). The van der Waals surface area contributed by atoms with Crippen molar-refractivity contribution in [1.82, 2.24) is 0 Å². The van der Waals surface area contributed by atoms with Gasteiger partial charge in [-0.2, -0.15) is 5.26 Å². The van der Waals surface area contributed by atoms with E-state index in [0.717, 1.165) is 23.2 Å². The molecule has 5 heteroatoms. The minimum absolute atomic E-state index is 0.0436. The lowest BCUT2D eigenvalue weighted by atomic mass is 9.88. The summed E-state index contributed by atoms with van der Waals surface area (Å²) in [7, 11) is 0. The number of benzene rings is 1. The average molecular weight is 296 g/mol. The van der Waals surface area contributed by atoms with Crippen LogP contribution in [0.2, 0.25) is 0 Å². The van der Waals surface area contributed by atoms with Gasteiger partial charge in [0.1, 0.15) is 17.6 Å². The van der Waals surface area contributed by atoms with E-state index in [2.05, 4.69) is 0 Å². The summed E-state index contributed by atoms with van der Waals surface area (Å²) in [6.45, 7) is 4.21. The van der Waals surface area contributed by atoms with Gasteiger partial charge in [-0.15, -0.1) is 0 Å². The fraction of sp³-hybridized carbons (Fsp3) is 0.353. The Bertz CT molecular complexity index is 743. The summed E-state index contributed by atoms with van der Waals surface area (Å²) < 4.78 is 5.18. The van der Waals surface area contributed by atoms with Gasteiger partial charge in [0, 0.05) is 6.54 Å². The van der Waals surface area contributed by atoms with Crippen molar-refractivity contribution in [2.24, 2.45) is 0 Å².